The molecule has 162 valence electrons. The zero-order valence-corrected chi connectivity index (χ0v) is 16.9. The lowest BCUT2D eigenvalue weighted by molar-refractivity contribution is -0.154. The zero-order chi connectivity index (χ0) is 22.4. The molecule has 1 unspecified atom stereocenters. The van der Waals surface area contributed by atoms with Crippen LogP contribution in [-0.2, 0) is 9.53 Å². The van der Waals surface area contributed by atoms with Crippen LogP contribution in [0.4, 0.5) is 13.2 Å². The molecule has 4 rings (SSSR count). The number of carbonyl (C=O) groups is 2. The third-order valence-electron chi connectivity index (χ3n) is 5.80. The molecular weight excluding hydrogens is 411 g/mol. The maximum Gasteiger partial charge on any atom is 0.313 e. The zero-order valence-electron chi connectivity index (χ0n) is 16.9. The second-order valence-corrected chi connectivity index (χ2v) is 7.78. The molecule has 1 aliphatic carbocycles. The highest BCUT2D eigenvalue weighted by molar-refractivity contribution is 6.05. The van der Waals surface area contributed by atoms with E-state index in [-0.39, 0.29) is 33.8 Å². The highest BCUT2D eigenvalue weighted by Crippen LogP contribution is 2.39. The van der Waals surface area contributed by atoms with Crippen molar-refractivity contribution in [3.05, 3.63) is 64.6 Å². The summed E-state index contributed by atoms with van der Waals surface area (Å²) in [5.74, 6) is -6.69. The minimum Gasteiger partial charge on any atom is -0.503 e. The predicted octanol–water partition coefficient (Wildman–Crippen LogP) is 4.96. The van der Waals surface area contributed by atoms with Gasteiger partial charge in [-0.25, -0.2) is 13.2 Å². The number of phenolic OH excluding ortho intramolecular Hbond substituents is 1. The molecular formula is C23H20F3NO4. The maximum absolute atomic E-state index is 15.0. The molecule has 1 heterocycles. The molecule has 1 saturated carbocycles. The van der Waals surface area contributed by atoms with E-state index in [1.807, 2.05) is 0 Å². The predicted molar refractivity (Wildman–Crippen MR) is 107 cm³/mol. The monoisotopic (exact) mass is 431 g/mol. The first kappa shape index (κ1) is 21.0. The summed E-state index contributed by atoms with van der Waals surface area (Å²) in [6.45, 7) is 2.98. The van der Waals surface area contributed by atoms with E-state index < -0.39 is 41.0 Å². The highest BCUT2D eigenvalue weighted by atomic mass is 19.1. The molecule has 3 aromatic rings. The number of nitrogens with zero attached hydrogens (tertiary/aromatic N) is 1. The van der Waals surface area contributed by atoms with E-state index in [1.165, 1.54) is 32.0 Å². The van der Waals surface area contributed by atoms with Gasteiger partial charge in [0.1, 0.15) is 11.9 Å². The first-order valence-corrected chi connectivity index (χ1v) is 9.93. The number of phenols is 1. The van der Waals surface area contributed by atoms with Crippen LogP contribution in [0.2, 0.25) is 0 Å². The molecule has 0 saturated heterocycles. The molecule has 0 spiro atoms. The van der Waals surface area contributed by atoms with Crippen molar-refractivity contribution in [2.45, 2.75) is 45.1 Å². The third-order valence-corrected chi connectivity index (χ3v) is 5.80. The molecule has 1 atom stereocenters. The van der Waals surface area contributed by atoms with Gasteiger partial charge in [0.2, 0.25) is 0 Å². The molecule has 1 aromatic heterocycles. The average molecular weight is 431 g/mol. The number of aromatic nitrogens is 1. The number of hydrogen-bond acceptors (Lipinski definition) is 4. The van der Waals surface area contributed by atoms with Crippen LogP contribution >= 0.6 is 0 Å². The summed E-state index contributed by atoms with van der Waals surface area (Å²) < 4.78 is 49.3. The Morgan fingerprint density at radius 2 is 1.90 bits per heavy atom. The van der Waals surface area contributed by atoms with Crippen molar-refractivity contribution in [2.75, 3.05) is 0 Å². The highest BCUT2D eigenvalue weighted by Gasteiger charge is 2.33. The van der Waals surface area contributed by atoms with E-state index in [2.05, 4.69) is 0 Å². The van der Waals surface area contributed by atoms with Gasteiger partial charge in [0.05, 0.1) is 11.4 Å². The molecule has 31 heavy (non-hydrogen) atoms. The number of fused-ring (bicyclic) bond motifs is 1. The van der Waals surface area contributed by atoms with Crippen LogP contribution in [0, 0.1) is 24.4 Å². The molecule has 8 heteroatoms. The Morgan fingerprint density at radius 3 is 2.52 bits per heavy atom. The van der Waals surface area contributed by atoms with E-state index >= 15 is 0 Å². The summed E-state index contributed by atoms with van der Waals surface area (Å²) in [5.41, 5.74) is 0.0751. The van der Waals surface area contributed by atoms with Gasteiger partial charge >= 0.3 is 5.97 Å². The minimum atomic E-state index is -1.28. The van der Waals surface area contributed by atoms with Crippen molar-refractivity contribution < 1.29 is 32.6 Å². The number of hydrogen-bond donors (Lipinski definition) is 1. The molecule has 2 aromatic carbocycles. The quantitative estimate of drug-likeness (QED) is 0.593. The first-order chi connectivity index (χ1) is 14.7. The Hall–Kier alpha value is -3.29. The summed E-state index contributed by atoms with van der Waals surface area (Å²) in [4.78, 5) is 25.8. The Balaban J connectivity index is 1.92. The van der Waals surface area contributed by atoms with Crippen LogP contribution in [0.5, 0.6) is 5.75 Å². The SMILES string of the molecule is Cc1c(C(C)C(=O)OC2CCC2)c2c(F)c(O)c(F)cc2n1C(=O)c1cccc(F)c1. The molecule has 0 radical (unpaired) electrons. The van der Waals surface area contributed by atoms with Crippen molar-refractivity contribution >= 4 is 22.8 Å². The van der Waals surface area contributed by atoms with E-state index in [0.29, 0.717) is 0 Å². The number of benzene rings is 2. The Bertz CT molecular complexity index is 1210. The minimum absolute atomic E-state index is 0.0369. The molecule has 0 aliphatic heterocycles. The fourth-order valence-corrected chi connectivity index (χ4v) is 3.93. The average Bonchev–Trinajstić information content (AvgIpc) is 2.99. The van der Waals surface area contributed by atoms with Crippen molar-refractivity contribution in [1.82, 2.24) is 4.57 Å². The lowest BCUT2D eigenvalue weighted by Crippen LogP contribution is -2.27. The number of ether oxygens (including phenoxy) is 1. The van der Waals surface area contributed by atoms with E-state index in [9.17, 15) is 27.9 Å². The van der Waals surface area contributed by atoms with Crippen molar-refractivity contribution in [3.8, 4) is 5.75 Å². The molecule has 1 fully saturated rings. The number of halogens is 3. The van der Waals surface area contributed by atoms with Gasteiger partial charge in [-0.05, 0) is 56.9 Å². The van der Waals surface area contributed by atoms with Crippen LogP contribution in [0.25, 0.3) is 10.9 Å². The summed E-state index contributed by atoms with van der Waals surface area (Å²) in [6.07, 6.45) is 2.25. The number of esters is 1. The lowest BCUT2D eigenvalue weighted by atomic mass is 9.94. The molecule has 5 nitrogen and oxygen atoms in total. The molecule has 0 amide bonds. The number of rotatable bonds is 4. The molecule has 1 N–H and O–H groups in total. The lowest BCUT2D eigenvalue weighted by Gasteiger charge is -2.26. The van der Waals surface area contributed by atoms with E-state index in [1.54, 1.807) is 0 Å². The van der Waals surface area contributed by atoms with Crippen LogP contribution in [0.3, 0.4) is 0 Å². The smallest absolute Gasteiger partial charge is 0.313 e. The Kier molecular flexibility index (Phi) is 5.24. The van der Waals surface area contributed by atoms with Gasteiger partial charge in [0.15, 0.2) is 17.4 Å². The van der Waals surface area contributed by atoms with Gasteiger partial charge in [0, 0.05) is 22.7 Å². The standard InChI is InChI=1S/C23H20F3NO4/c1-11(23(30)31-15-7-4-8-15)18-12(2)27(22(29)13-5-3-6-14(24)9-13)17-10-16(25)21(28)20(26)19(17)18/h3,5-6,9-11,15,28H,4,7-8H2,1-2H3. The second kappa shape index (κ2) is 7.76. The van der Waals surface area contributed by atoms with Crippen LogP contribution in [0.1, 0.15) is 53.7 Å². The van der Waals surface area contributed by atoms with Gasteiger partial charge in [0.25, 0.3) is 5.91 Å². The summed E-state index contributed by atoms with van der Waals surface area (Å²) in [6, 6.07) is 5.72. The number of aromatic hydroxyl groups is 1. The fourth-order valence-electron chi connectivity index (χ4n) is 3.93. The Labute approximate surface area is 176 Å². The molecule has 0 bridgehead atoms. The topological polar surface area (TPSA) is 68.5 Å². The van der Waals surface area contributed by atoms with E-state index in [0.717, 1.165) is 36.0 Å². The van der Waals surface area contributed by atoms with Gasteiger partial charge < -0.3 is 9.84 Å². The van der Waals surface area contributed by atoms with Crippen molar-refractivity contribution in [1.29, 1.82) is 0 Å². The van der Waals surface area contributed by atoms with Gasteiger partial charge in [-0.1, -0.05) is 6.07 Å². The van der Waals surface area contributed by atoms with Crippen LogP contribution < -0.4 is 0 Å². The second-order valence-electron chi connectivity index (χ2n) is 7.78. The van der Waals surface area contributed by atoms with E-state index in [4.69, 9.17) is 4.74 Å². The summed E-state index contributed by atoms with van der Waals surface area (Å²) >= 11 is 0. The fraction of sp³-hybridized carbons (Fsp3) is 0.304. The largest absolute Gasteiger partial charge is 0.503 e. The summed E-state index contributed by atoms with van der Waals surface area (Å²) in [7, 11) is 0. The third kappa shape index (κ3) is 3.45. The van der Waals surface area contributed by atoms with Gasteiger partial charge in [-0.3, -0.25) is 14.2 Å². The van der Waals surface area contributed by atoms with Gasteiger partial charge in [-0.15, -0.1) is 0 Å². The number of carbonyl (C=O) groups excluding carboxylic acids is 2. The van der Waals surface area contributed by atoms with Gasteiger partial charge in [-0.2, -0.15) is 0 Å². The van der Waals surface area contributed by atoms with Crippen molar-refractivity contribution in [3.63, 3.8) is 0 Å². The first-order valence-electron chi connectivity index (χ1n) is 9.93. The normalized spacial score (nSPS) is 15.0. The summed E-state index contributed by atoms with van der Waals surface area (Å²) in [5, 5.41) is 9.57. The van der Waals surface area contributed by atoms with Crippen molar-refractivity contribution in [2.24, 2.45) is 0 Å². The van der Waals surface area contributed by atoms with Crippen LogP contribution in [0.15, 0.2) is 30.3 Å². The molecule has 1 aliphatic rings. The van der Waals surface area contributed by atoms with Crippen LogP contribution in [-0.4, -0.2) is 27.7 Å². The maximum atomic E-state index is 15.0. The Morgan fingerprint density at radius 1 is 1.19 bits per heavy atom.